The molecule has 0 amide bonds. The number of hydrogen-bond donors (Lipinski definition) is 0. The first-order valence-corrected chi connectivity index (χ1v) is 16.7. The summed E-state index contributed by atoms with van der Waals surface area (Å²) in [5, 5.41) is 0. The summed E-state index contributed by atoms with van der Waals surface area (Å²) in [6.45, 7) is 4.77. The number of rotatable bonds is 5. The van der Waals surface area contributed by atoms with Crippen molar-refractivity contribution in [3.8, 4) is 33.9 Å². The average molecular weight is 615 g/mol. The molecule has 2 aliphatic carbocycles. The second kappa shape index (κ2) is 10.9. The van der Waals surface area contributed by atoms with E-state index in [-0.39, 0.29) is 5.41 Å². The molecule has 0 saturated heterocycles. The van der Waals surface area contributed by atoms with Gasteiger partial charge in [-0.3, -0.25) is 0 Å². The van der Waals surface area contributed by atoms with E-state index in [4.69, 9.17) is 9.97 Å². The summed E-state index contributed by atoms with van der Waals surface area (Å²) in [6, 6.07) is 61.0. The van der Waals surface area contributed by atoms with E-state index in [2.05, 4.69) is 172 Å². The average Bonchev–Trinajstić information content (AvgIpc) is 3.60. The Bertz CT molecular complexity index is 2240. The molecule has 0 bridgehead atoms. The molecule has 2 heteroatoms. The number of nitrogens with zero attached hydrogens (tertiary/aromatic N) is 2. The molecule has 2 nitrogen and oxygen atoms in total. The number of allylic oxidation sites excluding steroid dienone is 2. The van der Waals surface area contributed by atoms with Gasteiger partial charge in [0.15, 0.2) is 5.82 Å². The van der Waals surface area contributed by atoms with Crippen molar-refractivity contribution in [3.05, 3.63) is 203 Å². The Kier molecular flexibility index (Phi) is 6.42. The molecule has 0 fully saturated rings. The highest BCUT2D eigenvalue weighted by atomic mass is 14.9. The molecular formula is C46H34N2. The van der Waals surface area contributed by atoms with E-state index in [1.807, 2.05) is 12.1 Å². The molecule has 1 aromatic heterocycles. The van der Waals surface area contributed by atoms with Crippen LogP contribution in [0.5, 0.6) is 0 Å². The summed E-state index contributed by atoms with van der Waals surface area (Å²) in [7, 11) is 0. The van der Waals surface area contributed by atoms with Crippen molar-refractivity contribution in [1.82, 2.24) is 9.97 Å². The first-order valence-electron chi connectivity index (χ1n) is 16.7. The van der Waals surface area contributed by atoms with Crippen molar-refractivity contribution in [1.29, 1.82) is 0 Å². The van der Waals surface area contributed by atoms with Crippen LogP contribution in [0.1, 0.15) is 47.2 Å². The van der Waals surface area contributed by atoms with Gasteiger partial charge in [-0.25, -0.2) is 9.97 Å². The molecule has 228 valence electrons. The molecule has 9 rings (SSSR count). The maximum atomic E-state index is 5.21. The number of benzene rings is 6. The predicted octanol–water partition coefficient (Wildman–Crippen LogP) is 11.0. The standard InChI is InChI=1S/C46H34N2/c1-45(2)38-28-27-33(44-47-40(31-17-7-3-8-18-31)30-41(48-44)32-19-9-4-10-20-32)29-37(38)43-42(45)36-25-15-16-26-39(36)46(43,34-21-11-5-12-22-34)35-23-13-6-14-24-35/h3-30H,1-2H3. The Hall–Kier alpha value is -5.86. The molecule has 6 aromatic carbocycles. The molecule has 0 radical (unpaired) electrons. The van der Waals surface area contributed by atoms with Gasteiger partial charge in [0, 0.05) is 22.1 Å². The van der Waals surface area contributed by atoms with Gasteiger partial charge in [-0.15, -0.1) is 0 Å². The lowest BCUT2D eigenvalue weighted by Crippen LogP contribution is -2.29. The van der Waals surface area contributed by atoms with Gasteiger partial charge in [0.05, 0.1) is 16.8 Å². The smallest absolute Gasteiger partial charge is 0.160 e. The van der Waals surface area contributed by atoms with E-state index in [0.717, 1.165) is 33.9 Å². The van der Waals surface area contributed by atoms with Gasteiger partial charge in [-0.05, 0) is 56.7 Å². The molecule has 0 N–H and O–H groups in total. The Labute approximate surface area is 282 Å². The second-order valence-corrected chi connectivity index (χ2v) is 13.4. The molecular weight excluding hydrogens is 581 g/mol. The van der Waals surface area contributed by atoms with Crippen LogP contribution < -0.4 is 0 Å². The van der Waals surface area contributed by atoms with Gasteiger partial charge < -0.3 is 0 Å². The highest BCUT2D eigenvalue weighted by molar-refractivity contribution is 6.13. The predicted molar refractivity (Wildman–Crippen MR) is 197 cm³/mol. The first kappa shape index (κ1) is 28.4. The summed E-state index contributed by atoms with van der Waals surface area (Å²) in [5.74, 6) is 0.727. The monoisotopic (exact) mass is 614 g/mol. The van der Waals surface area contributed by atoms with Gasteiger partial charge in [-0.1, -0.05) is 172 Å². The lowest BCUT2D eigenvalue weighted by Gasteiger charge is -2.36. The van der Waals surface area contributed by atoms with E-state index in [0.29, 0.717) is 0 Å². The van der Waals surface area contributed by atoms with E-state index < -0.39 is 5.41 Å². The molecule has 0 aliphatic heterocycles. The zero-order valence-corrected chi connectivity index (χ0v) is 27.1. The molecule has 1 heterocycles. The second-order valence-electron chi connectivity index (χ2n) is 13.4. The fourth-order valence-electron chi connectivity index (χ4n) is 8.27. The molecule has 48 heavy (non-hydrogen) atoms. The van der Waals surface area contributed by atoms with Gasteiger partial charge in [0.25, 0.3) is 0 Å². The number of aromatic nitrogens is 2. The van der Waals surface area contributed by atoms with Gasteiger partial charge >= 0.3 is 0 Å². The topological polar surface area (TPSA) is 25.8 Å². The maximum Gasteiger partial charge on any atom is 0.160 e. The molecule has 0 saturated carbocycles. The van der Waals surface area contributed by atoms with Crippen LogP contribution >= 0.6 is 0 Å². The van der Waals surface area contributed by atoms with Crippen molar-refractivity contribution in [2.75, 3.05) is 0 Å². The van der Waals surface area contributed by atoms with Crippen molar-refractivity contribution >= 4 is 11.1 Å². The minimum atomic E-state index is -0.475. The van der Waals surface area contributed by atoms with Gasteiger partial charge in [0.2, 0.25) is 0 Å². The third-order valence-corrected chi connectivity index (χ3v) is 10.3. The van der Waals surface area contributed by atoms with Crippen LogP contribution in [0.4, 0.5) is 0 Å². The molecule has 0 unspecified atom stereocenters. The van der Waals surface area contributed by atoms with E-state index in [1.54, 1.807) is 0 Å². The zero-order chi connectivity index (χ0) is 32.3. The van der Waals surface area contributed by atoms with Crippen LogP contribution in [-0.4, -0.2) is 9.97 Å². The largest absolute Gasteiger partial charge is 0.228 e. The normalized spacial score (nSPS) is 15.1. The highest BCUT2D eigenvalue weighted by Gasteiger charge is 2.55. The first-order chi connectivity index (χ1) is 23.6. The minimum Gasteiger partial charge on any atom is -0.228 e. The Morgan fingerprint density at radius 1 is 0.396 bits per heavy atom. The third kappa shape index (κ3) is 4.12. The summed E-state index contributed by atoms with van der Waals surface area (Å²) in [5.41, 5.74) is 14.9. The lowest BCUT2D eigenvalue weighted by molar-refractivity contribution is 0.703. The quantitative estimate of drug-likeness (QED) is 0.193. The number of hydrogen-bond acceptors (Lipinski definition) is 2. The summed E-state index contributed by atoms with van der Waals surface area (Å²) >= 11 is 0. The number of fused-ring (bicyclic) bond motifs is 4. The Morgan fingerprint density at radius 3 is 1.46 bits per heavy atom. The SMILES string of the molecule is CC1(C)C2=C(c3cc(-c4nc(-c5ccccc5)cc(-c5ccccc5)n4)ccc31)C(c1ccccc1)(c1ccccc1)c1ccccc12. The van der Waals surface area contributed by atoms with Crippen molar-refractivity contribution in [2.45, 2.75) is 24.7 Å². The van der Waals surface area contributed by atoms with Crippen LogP contribution in [0, 0.1) is 0 Å². The van der Waals surface area contributed by atoms with Crippen molar-refractivity contribution < 1.29 is 0 Å². The lowest BCUT2D eigenvalue weighted by atomic mass is 9.65. The summed E-state index contributed by atoms with van der Waals surface area (Å²) in [4.78, 5) is 10.4. The zero-order valence-electron chi connectivity index (χ0n) is 27.1. The van der Waals surface area contributed by atoms with Gasteiger partial charge in [-0.2, -0.15) is 0 Å². The highest BCUT2D eigenvalue weighted by Crippen LogP contribution is 2.66. The van der Waals surface area contributed by atoms with Crippen LogP contribution in [0.15, 0.2) is 170 Å². The van der Waals surface area contributed by atoms with Crippen LogP contribution in [-0.2, 0) is 10.8 Å². The summed E-state index contributed by atoms with van der Waals surface area (Å²) < 4.78 is 0. The molecule has 0 atom stereocenters. The third-order valence-electron chi connectivity index (χ3n) is 10.3. The Morgan fingerprint density at radius 2 is 0.896 bits per heavy atom. The van der Waals surface area contributed by atoms with Crippen LogP contribution in [0.3, 0.4) is 0 Å². The molecule has 2 aliphatic rings. The van der Waals surface area contributed by atoms with Crippen molar-refractivity contribution in [3.63, 3.8) is 0 Å². The fraction of sp³-hybridized carbons (Fsp3) is 0.0870. The van der Waals surface area contributed by atoms with E-state index >= 15 is 0 Å². The maximum absolute atomic E-state index is 5.21. The summed E-state index contributed by atoms with van der Waals surface area (Å²) in [6.07, 6.45) is 0. The van der Waals surface area contributed by atoms with E-state index in [9.17, 15) is 0 Å². The van der Waals surface area contributed by atoms with Crippen molar-refractivity contribution in [2.24, 2.45) is 0 Å². The Balaban J connectivity index is 1.33. The van der Waals surface area contributed by atoms with Gasteiger partial charge in [0.1, 0.15) is 0 Å². The van der Waals surface area contributed by atoms with Crippen LogP contribution in [0.25, 0.3) is 45.0 Å². The van der Waals surface area contributed by atoms with Crippen LogP contribution in [0.2, 0.25) is 0 Å². The molecule has 7 aromatic rings. The fourth-order valence-corrected chi connectivity index (χ4v) is 8.27. The van der Waals surface area contributed by atoms with E-state index in [1.165, 1.54) is 44.5 Å². The molecule has 0 spiro atoms. The minimum absolute atomic E-state index is 0.202.